The Morgan fingerprint density at radius 3 is 2.00 bits per heavy atom. The van der Waals surface area contributed by atoms with Crippen molar-refractivity contribution >= 4 is 11.9 Å². The molecule has 0 bridgehead atoms. The quantitative estimate of drug-likeness (QED) is 0.816. The first-order valence-electron chi connectivity index (χ1n) is 7.69. The largest absolute Gasteiger partial charge is 0.497 e. The molecule has 1 aromatic rings. The van der Waals surface area contributed by atoms with Crippen molar-refractivity contribution in [2.45, 2.75) is 25.8 Å². The predicted molar refractivity (Wildman–Crippen MR) is 90.7 cm³/mol. The van der Waals surface area contributed by atoms with E-state index >= 15 is 0 Å². The molecule has 7 heteroatoms. The summed E-state index contributed by atoms with van der Waals surface area (Å²) in [6, 6.07) is 4.81. The third-order valence-electron chi connectivity index (χ3n) is 4.04. The number of hydrogen-bond donors (Lipinski definition) is 2. The molecule has 0 atom stereocenters. The highest BCUT2D eigenvalue weighted by Crippen LogP contribution is 2.42. The number of ether oxygens (including phenoxy) is 2. The fraction of sp³-hybridized carbons (Fsp3) is 0.333. The fourth-order valence-electron chi connectivity index (χ4n) is 2.73. The summed E-state index contributed by atoms with van der Waals surface area (Å²) in [7, 11) is 2.93. The zero-order chi connectivity index (χ0) is 18.7. The predicted octanol–water partition coefficient (Wildman–Crippen LogP) is 2.45. The number of methoxy groups -OCH3 is 2. The lowest BCUT2D eigenvalue weighted by atomic mass is 9.82. The van der Waals surface area contributed by atoms with Gasteiger partial charge in [0.1, 0.15) is 11.5 Å². The van der Waals surface area contributed by atoms with Gasteiger partial charge in [-0.05, 0) is 32.0 Å². The smallest absolute Gasteiger partial charge is 0.334 e. The Balaban J connectivity index is 2.71. The Morgan fingerprint density at radius 2 is 1.60 bits per heavy atom. The summed E-state index contributed by atoms with van der Waals surface area (Å²) in [6.07, 6.45) is 2.92. The topological polar surface area (TPSA) is 96.3 Å². The number of carboxylic acids is 2. The molecular formula is C18H21NO6. The Morgan fingerprint density at radius 1 is 1.04 bits per heavy atom. The average molecular weight is 347 g/mol. The summed E-state index contributed by atoms with van der Waals surface area (Å²) in [6.45, 7) is 3.69. The Bertz CT molecular complexity index is 718. The van der Waals surface area contributed by atoms with E-state index in [-0.39, 0.29) is 17.2 Å². The van der Waals surface area contributed by atoms with Crippen LogP contribution in [0.1, 0.15) is 25.3 Å². The van der Waals surface area contributed by atoms with Crippen LogP contribution in [0.15, 0.2) is 41.7 Å². The molecule has 1 aliphatic rings. The maximum absolute atomic E-state index is 11.8. The van der Waals surface area contributed by atoms with Crippen molar-refractivity contribution in [2.75, 3.05) is 14.2 Å². The van der Waals surface area contributed by atoms with Crippen molar-refractivity contribution in [1.29, 1.82) is 0 Å². The lowest BCUT2D eigenvalue weighted by Crippen LogP contribution is -2.31. The van der Waals surface area contributed by atoms with Gasteiger partial charge < -0.3 is 24.6 Å². The SMILES string of the molecule is COc1ccc(OC)c(C2C(C(=O)O)=CN(C(C)C)C=C2C(=O)O)c1. The van der Waals surface area contributed by atoms with Gasteiger partial charge in [-0.15, -0.1) is 0 Å². The lowest BCUT2D eigenvalue weighted by Gasteiger charge is -2.31. The first-order valence-corrected chi connectivity index (χ1v) is 7.69. The number of carboxylic acid groups (broad SMARTS) is 2. The van der Waals surface area contributed by atoms with Crippen LogP contribution in [0, 0.1) is 0 Å². The van der Waals surface area contributed by atoms with Gasteiger partial charge in [0.15, 0.2) is 0 Å². The monoisotopic (exact) mass is 347 g/mol. The van der Waals surface area contributed by atoms with E-state index in [0.717, 1.165) is 0 Å². The van der Waals surface area contributed by atoms with Gasteiger partial charge in [-0.25, -0.2) is 9.59 Å². The molecule has 2 rings (SSSR count). The fourth-order valence-corrected chi connectivity index (χ4v) is 2.73. The van der Waals surface area contributed by atoms with Crippen LogP contribution in [0.25, 0.3) is 0 Å². The van der Waals surface area contributed by atoms with E-state index in [9.17, 15) is 19.8 Å². The maximum atomic E-state index is 11.8. The molecule has 0 saturated carbocycles. The van der Waals surface area contributed by atoms with E-state index in [0.29, 0.717) is 17.1 Å². The van der Waals surface area contributed by atoms with Crippen LogP contribution >= 0.6 is 0 Å². The molecule has 2 N–H and O–H groups in total. The summed E-state index contributed by atoms with van der Waals surface area (Å²) in [5.74, 6) is -2.48. The van der Waals surface area contributed by atoms with Crippen LogP contribution in [-0.2, 0) is 9.59 Å². The highest BCUT2D eigenvalue weighted by molar-refractivity contribution is 5.97. The van der Waals surface area contributed by atoms with Crippen molar-refractivity contribution in [1.82, 2.24) is 4.90 Å². The number of benzene rings is 1. The van der Waals surface area contributed by atoms with Gasteiger partial charge in [-0.3, -0.25) is 0 Å². The van der Waals surface area contributed by atoms with Crippen LogP contribution in [0.4, 0.5) is 0 Å². The molecule has 0 saturated heterocycles. The second-order valence-corrected chi connectivity index (χ2v) is 5.86. The lowest BCUT2D eigenvalue weighted by molar-refractivity contribution is -0.133. The van der Waals surface area contributed by atoms with Crippen molar-refractivity contribution in [3.05, 3.63) is 47.3 Å². The van der Waals surface area contributed by atoms with Gasteiger partial charge >= 0.3 is 11.9 Å². The van der Waals surface area contributed by atoms with Crippen LogP contribution in [0.3, 0.4) is 0 Å². The molecule has 1 heterocycles. The first-order chi connectivity index (χ1) is 11.8. The molecule has 1 aromatic carbocycles. The second-order valence-electron chi connectivity index (χ2n) is 5.86. The van der Waals surface area contributed by atoms with E-state index in [1.54, 1.807) is 23.1 Å². The standard InChI is InChI=1S/C18H21NO6/c1-10(2)19-8-13(17(20)21)16(14(9-19)18(22)23)12-7-11(24-3)5-6-15(12)25-4/h5-10,16H,1-4H3,(H,20,21)(H,22,23). The van der Waals surface area contributed by atoms with Gasteiger partial charge in [0.25, 0.3) is 0 Å². The molecule has 0 aromatic heterocycles. The molecule has 0 unspecified atom stereocenters. The molecule has 0 aliphatic carbocycles. The van der Waals surface area contributed by atoms with Gasteiger partial charge in [-0.1, -0.05) is 0 Å². The van der Waals surface area contributed by atoms with Crippen molar-refractivity contribution < 1.29 is 29.3 Å². The number of hydrogen-bond acceptors (Lipinski definition) is 5. The number of aliphatic carboxylic acids is 2. The van der Waals surface area contributed by atoms with Crippen molar-refractivity contribution in [3.8, 4) is 11.5 Å². The third kappa shape index (κ3) is 3.60. The van der Waals surface area contributed by atoms with Crippen LogP contribution < -0.4 is 9.47 Å². The minimum absolute atomic E-state index is 0.0415. The highest BCUT2D eigenvalue weighted by Gasteiger charge is 2.36. The van der Waals surface area contributed by atoms with Gasteiger partial charge in [0, 0.05) is 24.0 Å². The summed E-state index contributed by atoms with van der Waals surface area (Å²) in [4.78, 5) is 25.3. The molecular weight excluding hydrogens is 326 g/mol. The molecule has 7 nitrogen and oxygen atoms in total. The Hall–Kier alpha value is -2.96. The number of carbonyl (C=O) groups is 2. The van der Waals surface area contributed by atoms with Crippen LogP contribution in [-0.4, -0.2) is 47.3 Å². The summed E-state index contributed by atoms with van der Waals surface area (Å²) in [5.41, 5.74) is 0.341. The molecule has 0 spiro atoms. The Kier molecular flexibility index (Phi) is 5.36. The zero-order valence-corrected chi connectivity index (χ0v) is 14.5. The van der Waals surface area contributed by atoms with Crippen LogP contribution in [0.2, 0.25) is 0 Å². The minimum atomic E-state index is -1.19. The van der Waals surface area contributed by atoms with E-state index in [4.69, 9.17) is 9.47 Å². The molecule has 0 amide bonds. The summed E-state index contributed by atoms with van der Waals surface area (Å²) in [5, 5.41) is 19.3. The van der Waals surface area contributed by atoms with Gasteiger partial charge in [0.05, 0.1) is 31.3 Å². The van der Waals surface area contributed by atoms with E-state index in [2.05, 4.69) is 0 Å². The first kappa shape index (κ1) is 18.4. The highest BCUT2D eigenvalue weighted by atomic mass is 16.5. The molecule has 0 fully saturated rings. The molecule has 0 radical (unpaired) electrons. The molecule has 134 valence electrons. The minimum Gasteiger partial charge on any atom is -0.497 e. The average Bonchev–Trinajstić information content (AvgIpc) is 2.59. The van der Waals surface area contributed by atoms with E-state index < -0.39 is 17.9 Å². The molecule has 1 aliphatic heterocycles. The van der Waals surface area contributed by atoms with E-state index in [1.165, 1.54) is 26.6 Å². The van der Waals surface area contributed by atoms with Gasteiger partial charge in [-0.2, -0.15) is 0 Å². The maximum Gasteiger partial charge on any atom is 0.334 e. The third-order valence-corrected chi connectivity index (χ3v) is 4.04. The van der Waals surface area contributed by atoms with Crippen molar-refractivity contribution in [3.63, 3.8) is 0 Å². The second kappa shape index (κ2) is 7.29. The normalized spacial score (nSPS) is 14.8. The molecule has 25 heavy (non-hydrogen) atoms. The van der Waals surface area contributed by atoms with Crippen molar-refractivity contribution in [2.24, 2.45) is 0 Å². The van der Waals surface area contributed by atoms with E-state index in [1.807, 2.05) is 13.8 Å². The summed E-state index contributed by atoms with van der Waals surface area (Å²) >= 11 is 0. The van der Waals surface area contributed by atoms with Gasteiger partial charge in [0.2, 0.25) is 0 Å². The number of nitrogens with zero attached hydrogens (tertiary/aromatic N) is 1. The van der Waals surface area contributed by atoms with Crippen LogP contribution in [0.5, 0.6) is 11.5 Å². The Labute approximate surface area is 145 Å². The zero-order valence-electron chi connectivity index (χ0n) is 14.5. The number of rotatable bonds is 6. The summed E-state index contributed by atoms with van der Waals surface area (Å²) < 4.78 is 10.5.